The van der Waals surface area contributed by atoms with Gasteiger partial charge >= 0.3 is 0 Å². The van der Waals surface area contributed by atoms with E-state index in [-0.39, 0.29) is 5.91 Å². The van der Waals surface area contributed by atoms with Crippen LogP contribution < -0.4 is 10.2 Å². The number of benzene rings is 2. The van der Waals surface area contributed by atoms with Crippen LogP contribution in [-0.2, 0) is 0 Å². The van der Waals surface area contributed by atoms with E-state index in [1.165, 1.54) is 12.1 Å². The fourth-order valence-electron chi connectivity index (χ4n) is 2.98. The number of nitrogens with zero attached hydrogens (tertiary/aromatic N) is 2. The van der Waals surface area contributed by atoms with Crippen molar-refractivity contribution in [2.45, 2.75) is 6.92 Å². The summed E-state index contributed by atoms with van der Waals surface area (Å²) in [5.74, 6) is -0.708. The molecule has 0 radical (unpaired) electrons. The van der Waals surface area contributed by atoms with E-state index < -0.39 is 5.82 Å². The second kappa shape index (κ2) is 7.45. The van der Waals surface area contributed by atoms with Crippen LogP contribution in [0.5, 0.6) is 0 Å². The maximum Gasteiger partial charge on any atom is 0.255 e. The molecule has 0 aliphatic carbocycles. The smallest absolute Gasteiger partial charge is 0.255 e. The van der Waals surface area contributed by atoms with E-state index in [2.05, 4.69) is 22.0 Å². The van der Waals surface area contributed by atoms with Gasteiger partial charge in [-0.05, 0) is 36.9 Å². The lowest BCUT2D eigenvalue weighted by atomic mass is 10.1. The summed E-state index contributed by atoms with van der Waals surface area (Å²) >= 11 is 0. The summed E-state index contributed by atoms with van der Waals surface area (Å²) in [6.07, 6.45) is 0. The summed E-state index contributed by atoms with van der Waals surface area (Å²) in [5, 5.41) is 2.92. The van der Waals surface area contributed by atoms with Crippen molar-refractivity contribution >= 4 is 17.3 Å². The van der Waals surface area contributed by atoms with Gasteiger partial charge in [0.25, 0.3) is 5.91 Å². The zero-order valence-corrected chi connectivity index (χ0v) is 13.8. The highest BCUT2D eigenvalue weighted by atomic mass is 19.1. The lowest BCUT2D eigenvalue weighted by Crippen LogP contribution is -2.46. The van der Waals surface area contributed by atoms with Crippen LogP contribution in [0.4, 0.5) is 15.8 Å². The first-order valence-electron chi connectivity index (χ1n) is 8.30. The number of carbonyl (C=O) groups is 1. The number of hydrogen-bond donors (Lipinski definition) is 1. The van der Waals surface area contributed by atoms with Gasteiger partial charge in [-0.1, -0.05) is 25.1 Å². The number of amides is 1. The highest BCUT2D eigenvalue weighted by Crippen LogP contribution is 2.27. The number of hydrogen-bond acceptors (Lipinski definition) is 3. The first kappa shape index (κ1) is 16.5. The maximum absolute atomic E-state index is 13.3. The Morgan fingerprint density at radius 2 is 1.83 bits per heavy atom. The molecule has 1 amide bonds. The van der Waals surface area contributed by atoms with E-state index in [1.807, 2.05) is 24.3 Å². The number of anilines is 2. The molecule has 0 spiro atoms. The van der Waals surface area contributed by atoms with Crippen molar-refractivity contribution in [3.05, 3.63) is 59.9 Å². The van der Waals surface area contributed by atoms with Crippen molar-refractivity contribution in [1.82, 2.24) is 4.90 Å². The molecule has 1 aliphatic heterocycles. The zero-order chi connectivity index (χ0) is 16.9. The average molecular weight is 327 g/mol. The fraction of sp³-hybridized carbons (Fsp3) is 0.316. The third-order valence-corrected chi connectivity index (χ3v) is 4.40. The quantitative estimate of drug-likeness (QED) is 0.936. The highest BCUT2D eigenvalue weighted by molar-refractivity contribution is 6.05. The van der Waals surface area contributed by atoms with Crippen LogP contribution in [-0.4, -0.2) is 43.5 Å². The average Bonchev–Trinajstić information content (AvgIpc) is 2.62. The molecule has 1 N–H and O–H groups in total. The molecule has 0 bridgehead atoms. The second-order valence-electron chi connectivity index (χ2n) is 5.90. The van der Waals surface area contributed by atoms with Crippen molar-refractivity contribution in [2.24, 2.45) is 0 Å². The lowest BCUT2D eigenvalue weighted by Gasteiger charge is -2.36. The van der Waals surface area contributed by atoms with E-state index in [0.29, 0.717) is 5.56 Å². The number of rotatable bonds is 4. The monoisotopic (exact) mass is 327 g/mol. The zero-order valence-electron chi connectivity index (χ0n) is 13.8. The van der Waals surface area contributed by atoms with Gasteiger partial charge in [0.15, 0.2) is 0 Å². The normalized spacial score (nSPS) is 15.3. The number of likely N-dealkylation sites (N-methyl/N-ethyl adjacent to an activating group) is 1. The standard InChI is InChI=1S/C19H22FN3O/c1-2-22-10-12-23(13-11-22)18-9-4-3-8-17(18)21-19(24)15-6-5-7-16(20)14-15/h3-9,14H,2,10-13H2,1H3,(H,21,24). The minimum atomic E-state index is -0.411. The SMILES string of the molecule is CCN1CCN(c2ccccc2NC(=O)c2cccc(F)c2)CC1. The number of piperazine rings is 1. The van der Waals surface area contributed by atoms with Crippen LogP contribution >= 0.6 is 0 Å². The van der Waals surface area contributed by atoms with Crippen molar-refractivity contribution in [2.75, 3.05) is 42.9 Å². The summed E-state index contributed by atoms with van der Waals surface area (Å²) in [7, 11) is 0. The second-order valence-corrected chi connectivity index (χ2v) is 5.90. The molecular weight excluding hydrogens is 305 g/mol. The Morgan fingerprint density at radius 3 is 2.54 bits per heavy atom. The number of halogens is 1. The van der Waals surface area contributed by atoms with Gasteiger partial charge in [-0.3, -0.25) is 4.79 Å². The highest BCUT2D eigenvalue weighted by Gasteiger charge is 2.19. The molecule has 126 valence electrons. The van der Waals surface area contributed by atoms with Gasteiger partial charge in [0.1, 0.15) is 5.82 Å². The first-order valence-corrected chi connectivity index (χ1v) is 8.30. The third kappa shape index (κ3) is 3.74. The molecule has 1 fully saturated rings. The van der Waals surface area contributed by atoms with Crippen molar-refractivity contribution in [1.29, 1.82) is 0 Å². The molecule has 0 saturated carbocycles. The van der Waals surface area contributed by atoms with E-state index in [9.17, 15) is 9.18 Å². The van der Waals surface area contributed by atoms with Crippen molar-refractivity contribution in [3.8, 4) is 0 Å². The third-order valence-electron chi connectivity index (χ3n) is 4.40. The molecule has 2 aromatic rings. The Kier molecular flexibility index (Phi) is 5.11. The van der Waals surface area contributed by atoms with E-state index in [4.69, 9.17) is 0 Å². The number of carbonyl (C=O) groups excluding carboxylic acids is 1. The molecule has 0 atom stereocenters. The van der Waals surface area contributed by atoms with E-state index in [1.54, 1.807) is 12.1 Å². The van der Waals surface area contributed by atoms with Gasteiger partial charge in [0, 0.05) is 31.7 Å². The molecule has 1 heterocycles. The Bertz CT molecular complexity index is 711. The van der Waals surface area contributed by atoms with Gasteiger partial charge in [0.2, 0.25) is 0 Å². The fourth-order valence-corrected chi connectivity index (χ4v) is 2.98. The summed E-state index contributed by atoms with van der Waals surface area (Å²) in [5.41, 5.74) is 2.09. The minimum absolute atomic E-state index is 0.297. The van der Waals surface area contributed by atoms with E-state index >= 15 is 0 Å². The van der Waals surface area contributed by atoms with Crippen molar-refractivity contribution in [3.63, 3.8) is 0 Å². The Balaban J connectivity index is 1.76. The Labute approximate surface area is 141 Å². The van der Waals surface area contributed by atoms with Crippen molar-refractivity contribution < 1.29 is 9.18 Å². The van der Waals surface area contributed by atoms with Gasteiger partial charge < -0.3 is 15.1 Å². The van der Waals surface area contributed by atoms with Crippen LogP contribution in [0, 0.1) is 5.82 Å². The van der Waals surface area contributed by atoms with Crippen LogP contribution in [0.3, 0.4) is 0 Å². The first-order chi connectivity index (χ1) is 11.7. The predicted octanol–water partition coefficient (Wildman–Crippen LogP) is 3.22. The molecule has 2 aromatic carbocycles. The lowest BCUT2D eigenvalue weighted by molar-refractivity contribution is 0.102. The summed E-state index contributed by atoms with van der Waals surface area (Å²) in [6, 6.07) is 13.5. The van der Waals surface area contributed by atoms with E-state index in [0.717, 1.165) is 44.1 Å². The molecule has 4 nitrogen and oxygen atoms in total. The Morgan fingerprint density at radius 1 is 1.08 bits per heavy atom. The summed E-state index contributed by atoms with van der Waals surface area (Å²) in [4.78, 5) is 17.1. The molecule has 0 unspecified atom stereocenters. The van der Waals surface area contributed by atoms with Gasteiger partial charge in [-0.15, -0.1) is 0 Å². The van der Waals surface area contributed by atoms with Crippen LogP contribution in [0.25, 0.3) is 0 Å². The molecule has 1 saturated heterocycles. The Hall–Kier alpha value is -2.40. The van der Waals surface area contributed by atoms with Gasteiger partial charge in [0.05, 0.1) is 11.4 Å². The number of nitrogens with one attached hydrogen (secondary N) is 1. The summed E-state index contributed by atoms with van der Waals surface area (Å²) in [6.45, 7) is 7.13. The molecule has 24 heavy (non-hydrogen) atoms. The topological polar surface area (TPSA) is 35.6 Å². The van der Waals surface area contributed by atoms with Crippen LogP contribution in [0.2, 0.25) is 0 Å². The minimum Gasteiger partial charge on any atom is -0.367 e. The van der Waals surface area contributed by atoms with Crippen LogP contribution in [0.15, 0.2) is 48.5 Å². The van der Waals surface area contributed by atoms with Crippen LogP contribution in [0.1, 0.15) is 17.3 Å². The molecule has 5 heteroatoms. The maximum atomic E-state index is 13.3. The number of para-hydroxylation sites is 2. The molecular formula is C19H22FN3O. The summed E-state index contributed by atoms with van der Waals surface area (Å²) < 4.78 is 13.3. The molecule has 0 aromatic heterocycles. The molecule has 1 aliphatic rings. The van der Waals surface area contributed by atoms with Gasteiger partial charge in [-0.25, -0.2) is 4.39 Å². The van der Waals surface area contributed by atoms with Gasteiger partial charge in [-0.2, -0.15) is 0 Å². The largest absolute Gasteiger partial charge is 0.367 e. The predicted molar refractivity (Wildman–Crippen MR) is 95.1 cm³/mol. The molecule has 3 rings (SSSR count).